The Morgan fingerprint density at radius 3 is 0.870 bits per heavy atom. The predicted octanol–water partition coefficient (Wildman–Crippen LogP) is -0.259. The van der Waals surface area contributed by atoms with Crippen molar-refractivity contribution in [1.82, 2.24) is 0 Å². The Kier molecular flexibility index (Phi) is 24.3. The summed E-state index contributed by atoms with van der Waals surface area (Å²) in [6, 6.07) is 0. The van der Waals surface area contributed by atoms with Crippen molar-refractivity contribution in [2.24, 2.45) is 5.41 Å². The molecule has 0 atom stereocenters. The highest BCUT2D eigenvalue weighted by Crippen LogP contribution is 2.10. The normalized spacial score (nSPS) is 8.35. The first-order valence-electron chi connectivity index (χ1n) is 5.88. The van der Waals surface area contributed by atoms with Gasteiger partial charge < -0.3 is 30.6 Å². The van der Waals surface area contributed by atoms with Crippen LogP contribution in [0.25, 0.3) is 0 Å². The zero-order valence-corrected chi connectivity index (χ0v) is 12.9. The minimum atomic E-state index is -0.981. The van der Waals surface area contributed by atoms with Gasteiger partial charge in [-0.3, -0.25) is 0 Å². The summed E-state index contributed by atoms with van der Waals surface area (Å²) < 4.78 is 0. The molecule has 0 saturated heterocycles. The second kappa shape index (κ2) is 19.5. The SMILES string of the molecule is C=CC(=O)O.C=CC(=O)O.C=CC(=O)O.CC(CO)(CO)CO. The minimum Gasteiger partial charge on any atom is -0.478 e. The monoisotopic (exact) mass is 336 g/mol. The van der Waals surface area contributed by atoms with Crippen LogP contribution in [0.5, 0.6) is 0 Å². The predicted molar refractivity (Wildman–Crippen MR) is 82.9 cm³/mol. The molecule has 0 unspecified atom stereocenters. The second-order valence-corrected chi connectivity index (χ2v) is 3.91. The molecule has 134 valence electrons. The molecule has 0 spiro atoms. The fourth-order valence-electron chi connectivity index (χ4n) is 0.150. The zero-order chi connectivity index (χ0) is 19.5. The van der Waals surface area contributed by atoms with Gasteiger partial charge in [0.25, 0.3) is 0 Å². The molecular weight excluding hydrogens is 312 g/mol. The number of hydrogen-bond acceptors (Lipinski definition) is 6. The second-order valence-electron chi connectivity index (χ2n) is 3.91. The van der Waals surface area contributed by atoms with E-state index in [4.69, 9.17) is 30.6 Å². The van der Waals surface area contributed by atoms with Crippen LogP contribution in [-0.4, -0.2) is 68.4 Å². The lowest BCUT2D eigenvalue weighted by molar-refractivity contribution is -0.132. The average Bonchev–Trinajstić information content (AvgIpc) is 2.55. The maximum Gasteiger partial charge on any atom is 0.327 e. The molecule has 6 N–H and O–H groups in total. The van der Waals surface area contributed by atoms with Crippen molar-refractivity contribution in [2.75, 3.05) is 19.8 Å². The highest BCUT2D eigenvalue weighted by atomic mass is 16.4. The summed E-state index contributed by atoms with van der Waals surface area (Å²) in [7, 11) is 0. The van der Waals surface area contributed by atoms with Gasteiger partial charge >= 0.3 is 17.9 Å². The molecule has 0 bridgehead atoms. The van der Waals surface area contributed by atoms with Crippen LogP contribution in [0.3, 0.4) is 0 Å². The fourth-order valence-corrected chi connectivity index (χ4v) is 0.150. The molecule has 0 fully saturated rings. The van der Waals surface area contributed by atoms with Crippen LogP contribution >= 0.6 is 0 Å². The van der Waals surface area contributed by atoms with Gasteiger partial charge in [-0.2, -0.15) is 0 Å². The van der Waals surface area contributed by atoms with Crippen LogP contribution in [0.2, 0.25) is 0 Å². The summed E-state index contributed by atoms with van der Waals surface area (Å²) in [6.45, 7) is 9.94. The van der Waals surface area contributed by atoms with Gasteiger partial charge in [-0.1, -0.05) is 26.7 Å². The van der Waals surface area contributed by atoms with Crippen molar-refractivity contribution in [3.05, 3.63) is 38.0 Å². The molecule has 0 saturated carbocycles. The van der Waals surface area contributed by atoms with Crippen molar-refractivity contribution in [3.8, 4) is 0 Å². The Labute approximate surface area is 134 Å². The Morgan fingerprint density at radius 1 is 0.739 bits per heavy atom. The van der Waals surface area contributed by atoms with E-state index in [1.165, 1.54) is 0 Å². The molecule has 0 amide bonds. The molecule has 0 rings (SSSR count). The van der Waals surface area contributed by atoms with E-state index in [-0.39, 0.29) is 19.8 Å². The summed E-state index contributed by atoms with van der Waals surface area (Å²) in [4.78, 5) is 27.8. The standard InChI is InChI=1S/C5H12O3.3C3H4O2/c1-5(2-6,3-7)4-8;3*1-2-3(4)5/h6-8H,2-4H2,1H3;3*2H,1H2,(H,4,5). The molecule has 0 aromatic heterocycles. The van der Waals surface area contributed by atoms with Crippen molar-refractivity contribution in [1.29, 1.82) is 0 Å². The van der Waals surface area contributed by atoms with Crippen LogP contribution in [0, 0.1) is 5.41 Å². The fraction of sp³-hybridized carbons (Fsp3) is 0.357. The molecule has 0 aliphatic carbocycles. The highest BCUT2D eigenvalue weighted by molar-refractivity contribution is 5.79. The number of carboxylic acids is 3. The summed E-state index contributed by atoms with van der Waals surface area (Å²) in [5.41, 5.74) is -0.708. The molecule has 23 heavy (non-hydrogen) atoms. The van der Waals surface area contributed by atoms with Gasteiger partial charge in [0.05, 0.1) is 19.8 Å². The van der Waals surface area contributed by atoms with Crippen molar-refractivity contribution >= 4 is 17.9 Å². The molecule has 0 aromatic carbocycles. The summed E-state index contributed by atoms with van der Waals surface area (Å²) in [5.74, 6) is -2.94. The van der Waals surface area contributed by atoms with E-state index >= 15 is 0 Å². The summed E-state index contributed by atoms with van der Waals surface area (Å²) >= 11 is 0. The Balaban J connectivity index is -0.000000108. The van der Waals surface area contributed by atoms with E-state index < -0.39 is 23.3 Å². The lowest BCUT2D eigenvalue weighted by Crippen LogP contribution is -2.29. The highest BCUT2D eigenvalue weighted by Gasteiger charge is 2.20. The Bertz CT molecular complexity index is 319. The molecule has 0 radical (unpaired) electrons. The number of aliphatic hydroxyl groups is 3. The molecule has 0 aliphatic rings. The number of aliphatic hydroxyl groups excluding tert-OH is 3. The third kappa shape index (κ3) is 38.2. The number of hydrogen-bond donors (Lipinski definition) is 6. The third-order valence-corrected chi connectivity index (χ3v) is 1.67. The van der Waals surface area contributed by atoms with Gasteiger partial charge in [-0.25, -0.2) is 14.4 Å². The molecule has 0 aliphatic heterocycles. The smallest absolute Gasteiger partial charge is 0.327 e. The number of aliphatic carboxylic acids is 3. The van der Waals surface area contributed by atoms with Crippen molar-refractivity contribution < 1.29 is 45.0 Å². The van der Waals surface area contributed by atoms with E-state index in [9.17, 15) is 14.4 Å². The molecular formula is C14H24O9. The first kappa shape index (κ1) is 28.6. The average molecular weight is 336 g/mol. The van der Waals surface area contributed by atoms with Crippen molar-refractivity contribution in [3.63, 3.8) is 0 Å². The van der Waals surface area contributed by atoms with Crippen LogP contribution < -0.4 is 0 Å². The summed E-state index contributed by atoms with van der Waals surface area (Å²) in [5, 5.41) is 48.2. The van der Waals surface area contributed by atoms with Crippen molar-refractivity contribution in [2.45, 2.75) is 6.92 Å². The van der Waals surface area contributed by atoms with Crippen LogP contribution in [0.15, 0.2) is 38.0 Å². The van der Waals surface area contributed by atoms with Gasteiger partial charge in [0, 0.05) is 23.6 Å². The lowest BCUT2D eigenvalue weighted by atomic mass is 9.95. The Hall–Kier alpha value is -2.49. The number of rotatable bonds is 6. The van der Waals surface area contributed by atoms with E-state index in [1.807, 2.05) is 0 Å². The van der Waals surface area contributed by atoms with E-state index in [2.05, 4.69) is 19.7 Å². The maximum atomic E-state index is 9.25. The molecule has 9 heteroatoms. The maximum absolute atomic E-state index is 9.25. The molecule has 9 nitrogen and oxygen atoms in total. The van der Waals surface area contributed by atoms with E-state index in [0.717, 1.165) is 18.2 Å². The largest absolute Gasteiger partial charge is 0.478 e. The van der Waals surface area contributed by atoms with Gasteiger partial charge in [-0.05, 0) is 0 Å². The number of carbonyl (C=O) groups is 3. The lowest BCUT2D eigenvalue weighted by Gasteiger charge is -2.20. The summed E-state index contributed by atoms with van der Waals surface area (Å²) in [6.07, 6.45) is 2.50. The van der Waals surface area contributed by atoms with Crippen LogP contribution in [0.1, 0.15) is 6.92 Å². The molecule has 0 heterocycles. The zero-order valence-electron chi connectivity index (χ0n) is 12.9. The van der Waals surface area contributed by atoms with Gasteiger partial charge in [0.1, 0.15) is 0 Å². The van der Waals surface area contributed by atoms with Crippen LogP contribution in [-0.2, 0) is 14.4 Å². The van der Waals surface area contributed by atoms with Gasteiger partial charge in [-0.15, -0.1) is 0 Å². The quantitative estimate of drug-likeness (QED) is 0.357. The third-order valence-electron chi connectivity index (χ3n) is 1.67. The van der Waals surface area contributed by atoms with Gasteiger partial charge in [0.2, 0.25) is 0 Å². The Morgan fingerprint density at radius 2 is 0.870 bits per heavy atom. The van der Waals surface area contributed by atoms with Gasteiger partial charge in [0.15, 0.2) is 0 Å². The first-order chi connectivity index (χ1) is 10.5. The molecule has 0 aromatic rings. The van der Waals surface area contributed by atoms with E-state index in [1.54, 1.807) is 6.92 Å². The topological polar surface area (TPSA) is 173 Å². The first-order valence-corrected chi connectivity index (χ1v) is 5.88. The van der Waals surface area contributed by atoms with E-state index in [0.29, 0.717) is 0 Å². The number of carboxylic acid groups (broad SMARTS) is 3. The van der Waals surface area contributed by atoms with Crippen LogP contribution in [0.4, 0.5) is 0 Å². The minimum absolute atomic E-state index is 0.181.